The molecule has 0 radical (unpaired) electrons. The van der Waals surface area contributed by atoms with Crippen LogP contribution in [0.15, 0.2) is 45.8 Å². The summed E-state index contributed by atoms with van der Waals surface area (Å²) in [7, 11) is -3.48. The maximum absolute atomic E-state index is 14.0. The molecule has 2 aromatic carbocycles. The van der Waals surface area contributed by atoms with E-state index in [1.807, 2.05) is 0 Å². The van der Waals surface area contributed by atoms with Gasteiger partial charge < -0.3 is 5.11 Å². The zero-order valence-corrected chi connectivity index (χ0v) is 13.2. The van der Waals surface area contributed by atoms with Crippen LogP contribution in [-0.4, -0.2) is 19.8 Å². The Morgan fingerprint density at radius 3 is 2.48 bits per heavy atom. The summed E-state index contributed by atoms with van der Waals surface area (Å²) < 4.78 is 50.7. The molecule has 0 aliphatic carbocycles. The molecule has 0 heterocycles. The Kier molecular flexibility index (Phi) is 4.46. The largest absolute Gasteiger partial charge is 0.383 e. The molecule has 0 amide bonds. The SMILES string of the molecule is CS(=O)(=O)c1cccc(C(O)c2c(F)ccc(Br)c2F)c1. The van der Waals surface area contributed by atoms with Gasteiger partial charge in [-0.1, -0.05) is 12.1 Å². The third-order valence-electron chi connectivity index (χ3n) is 2.95. The number of halogens is 3. The van der Waals surface area contributed by atoms with Gasteiger partial charge in [-0.25, -0.2) is 17.2 Å². The third kappa shape index (κ3) is 3.30. The molecule has 21 heavy (non-hydrogen) atoms. The molecule has 0 spiro atoms. The van der Waals surface area contributed by atoms with E-state index < -0.39 is 33.1 Å². The average Bonchev–Trinajstić information content (AvgIpc) is 2.42. The van der Waals surface area contributed by atoms with Gasteiger partial charge in [0.05, 0.1) is 14.9 Å². The van der Waals surface area contributed by atoms with Crippen molar-refractivity contribution in [3.05, 3.63) is 63.6 Å². The molecule has 112 valence electrons. The van der Waals surface area contributed by atoms with Crippen LogP contribution in [0.4, 0.5) is 8.78 Å². The van der Waals surface area contributed by atoms with Gasteiger partial charge in [0.15, 0.2) is 9.84 Å². The Morgan fingerprint density at radius 2 is 1.86 bits per heavy atom. The number of sulfone groups is 1. The summed E-state index contributed by atoms with van der Waals surface area (Å²) in [6.07, 6.45) is -0.595. The second-order valence-corrected chi connectivity index (χ2v) is 7.37. The highest BCUT2D eigenvalue weighted by Gasteiger charge is 2.22. The normalized spacial score (nSPS) is 13.2. The monoisotopic (exact) mass is 376 g/mol. The lowest BCUT2D eigenvalue weighted by molar-refractivity contribution is 0.208. The molecule has 0 fully saturated rings. The summed E-state index contributed by atoms with van der Waals surface area (Å²) in [4.78, 5) is -0.0325. The second kappa shape index (κ2) is 5.82. The Hall–Kier alpha value is -1.31. The summed E-state index contributed by atoms with van der Waals surface area (Å²) in [6, 6.07) is 7.56. The van der Waals surface area contributed by atoms with E-state index in [0.717, 1.165) is 12.3 Å². The number of hydrogen-bond donors (Lipinski definition) is 1. The molecule has 3 nitrogen and oxygen atoms in total. The molecular formula is C14H11BrF2O3S. The van der Waals surface area contributed by atoms with Crippen molar-refractivity contribution < 1.29 is 22.3 Å². The molecule has 0 saturated carbocycles. The highest BCUT2D eigenvalue weighted by molar-refractivity contribution is 9.10. The molecule has 7 heteroatoms. The molecular weight excluding hydrogens is 366 g/mol. The van der Waals surface area contributed by atoms with Crippen molar-refractivity contribution in [2.45, 2.75) is 11.0 Å². The van der Waals surface area contributed by atoms with Gasteiger partial charge in [-0.05, 0) is 45.8 Å². The first-order valence-electron chi connectivity index (χ1n) is 5.83. The van der Waals surface area contributed by atoms with Crippen LogP contribution in [0.5, 0.6) is 0 Å². The van der Waals surface area contributed by atoms with Crippen molar-refractivity contribution in [3.63, 3.8) is 0 Å². The van der Waals surface area contributed by atoms with Gasteiger partial charge in [-0.3, -0.25) is 0 Å². The molecule has 0 saturated heterocycles. The second-order valence-electron chi connectivity index (χ2n) is 4.50. The first kappa shape index (κ1) is 16.1. The molecule has 0 bridgehead atoms. The molecule has 1 N–H and O–H groups in total. The number of hydrogen-bond acceptors (Lipinski definition) is 3. The van der Waals surface area contributed by atoms with E-state index in [1.54, 1.807) is 0 Å². The first-order chi connectivity index (χ1) is 9.71. The van der Waals surface area contributed by atoms with Crippen LogP contribution >= 0.6 is 15.9 Å². The molecule has 2 rings (SSSR count). The van der Waals surface area contributed by atoms with Crippen LogP contribution in [0.1, 0.15) is 17.2 Å². The predicted octanol–water partition coefficient (Wildman–Crippen LogP) is 3.21. The van der Waals surface area contributed by atoms with E-state index in [4.69, 9.17) is 0 Å². The first-order valence-corrected chi connectivity index (χ1v) is 8.51. The lowest BCUT2D eigenvalue weighted by atomic mass is 10.0. The van der Waals surface area contributed by atoms with Crippen LogP contribution < -0.4 is 0 Å². The van der Waals surface area contributed by atoms with Crippen LogP contribution in [0.2, 0.25) is 0 Å². The van der Waals surface area contributed by atoms with Crippen LogP contribution in [0.25, 0.3) is 0 Å². The lowest BCUT2D eigenvalue weighted by Crippen LogP contribution is -2.07. The van der Waals surface area contributed by atoms with E-state index in [1.165, 1.54) is 30.3 Å². The summed E-state index contributed by atoms with van der Waals surface area (Å²) >= 11 is 2.92. The number of benzene rings is 2. The number of aliphatic hydroxyl groups excluding tert-OH is 1. The quantitative estimate of drug-likeness (QED) is 0.836. The highest BCUT2D eigenvalue weighted by Crippen LogP contribution is 2.31. The van der Waals surface area contributed by atoms with Crippen molar-refractivity contribution >= 4 is 25.8 Å². The Bertz CT molecular complexity index is 791. The van der Waals surface area contributed by atoms with Crippen LogP contribution in [0, 0.1) is 11.6 Å². The molecule has 0 aliphatic heterocycles. The van der Waals surface area contributed by atoms with Gasteiger partial charge in [0.2, 0.25) is 0 Å². The van der Waals surface area contributed by atoms with Gasteiger partial charge in [0.1, 0.15) is 17.7 Å². The van der Waals surface area contributed by atoms with Crippen molar-refractivity contribution in [2.24, 2.45) is 0 Å². The summed E-state index contributed by atoms with van der Waals surface area (Å²) in [5.74, 6) is -1.83. The minimum Gasteiger partial charge on any atom is -0.383 e. The predicted molar refractivity (Wildman–Crippen MR) is 77.7 cm³/mol. The maximum Gasteiger partial charge on any atom is 0.175 e. The lowest BCUT2D eigenvalue weighted by Gasteiger charge is -2.15. The van der Waals surface area contributed by atoms with E-state index in [2.05, 4.69) is 15.9 Å². The smallest absolute Gasteiger partial charge is 0.175 e. The Labute approximate surface area is 129 Å². The average molecular weight is 377 g/mol. The van der Waals surface area contributed by atoms with Gasteiger partial charge in [-0.15, -0.1) is 0 Å². The van der Waals surface area contributed by atoms with Crippen molar-refractivity contribution in [3.8, 4) is 0 Å². The fourth-order valence-electron chi connectivity index (χ4n) is 1.88. The van der Waals surface area contributed by atoms with E-state index in [0.29, 0.717) is 0 Å². The minimum atomic E-state index is -3.48. The molecule has 0 aromatic heterocycles. The number of rotatable bonds is 3. The van der Waals surface area contributed by atoms with Gasteiger partial charge in [-0.2, -0.15) is 0 Å². The van der Waals surface area contributed by atoms with Crippen LogP contribution in [-0.2, 0) is 9.84 Å². The molecule has 1 unspecified atom stereocenters. The summed E-state index contributed by atoms with van der Waals surface area (Å²) in [5.41, 5.74) is -0.441. The number of aliphatic hydroxyl groups is 1. The van der Waals surface area contributed by atoms with E-state index in [9.17, 15) is 22.3 Å². The fraction of sp³-hybridized carbons (Fsp3) is 0.143. The summed E-state index contributed by atoms with van der Waals surface area (Å²) in [5, 5.41) is 10.2. The third-order valence-corrected chi connectivity index (χ3v) is 4.68. The van der Waals surface area contributed by atoms with Gasteiger partial charge in [0, 0.05) is 6.26 Å². The van der Waals surface area contributed by atoms with Crippen molar-refractivity contribution in [1.29, 1.82) is 0 Å². The van der Waals surface area contributed by atoms with Crippen molar-refractivity contribution in [2.75, 3.05) is 6.26 Å². The topological polar surface area (TPSA) is 54.4 Å². The van der Waals surface area contributed by atoms with E-state index >= 15 is 0 Å². The highest BCUT2D eigenvalue weighted by atomic mass is 79.9. The Morgan fingerprint density at radius 1 is 1.19 bits per heavy atom. The zero-order chi connectivity index (χ0) is 15.8. The Balaban J connectivity index is 2.56. The van der Waals surface area contributed by atoms with Crippen molar-refractivity contribution in [1.82, 2.24) is 0 Å². The van der Waals surface area contributed by atoms with E-state index in [-0.39, 0.29) is 14.9 Å². The van der Waals surface area contributed by atoms with Crippen LogP contribution in [0.3, 0.4) is 0 Å². The van der Waals surface area contributed by atoms with Gasteiger partial charge >= 0.3 is 0 Å². The maximum atomic E-state index is 14.0. The summed E-state index contributed by atoms with van der Waals surface area (Å²) in [6.45, 7) is 0. The minimum absolute atomic E-state index is 0.0113. The molecule has 2 aromatic rings. The standard InChI is InChI=1S/C14H11BrF2O3S/c1-21(19,20)9-4-2-3-8(7-9)14(18)12-11(16)6-5-10(15)13(12)17/h2-7,14,18H,1H3. The molecule has 1 atom stereocenters. The fourth-order valence-corrected chi connectivity index (χ4v) is 2.90. The van der Waals surface area contributed by atoms with Gasteiger partial charge in [0.25, 0.3) is 0 Å². The zero-order valence-electron chi connectivity index (χ0n) is 10.8. The molecule has 0 aliphatic rings.